The van der Waals surface area contributed by atoms with Crippen molar-refractivity contribution in [1.29, 1.82) is 0 Å². The Morgan fingerprint density at radius 3 is 2.12 bits per heavy atom. The summed E-state index contributed by atoms with van der Waals surface area (Å²) < 4.78 is 56.8. The second kappa shape index (κ2) is 10.9. The summed E-state index contributed by atoms with van der Waals surface area (Å²) in [5.41, 5.74) is 5.76. The van der Waals surface area contributed by atoms with Crippen LogP contribution in [0.5, 0.6) is 0 Å². The molecule has 0 fully saturated rings. The number of hydrogen-bond acceptors (Lipinski definition) is 6. The Bertz CT molecular complexity index is 1950. The zero-order valence-electron chi connectivity index (χ0n) is 22.1. The van der Waals surface area contributed by atoms with E-state index in [4.69, 9.17) is 9.97 Å². The average molecular weight is 640 g/mol. The van der Waals surface area contributed by atoms with E-state index < -0.39 is 20.0 Å². The maximum absolute atomic E-state index is 13.3. The summed E-state index contributed by atoms with van der Waals surface area (Å²) in [6, 6.07) is 21.9. The third-order valence-electron chi connectivity index (χ3n) is 6.55. The maximum Gasteiger partial charge on any atom is 0.254 e. The van der Waals surface area contributed by atoms with Crippen LogP contribution in [0.1, 0.15) is 29.6 Å². The molecular weight excluding hydrogens is 612 g/mol. The van der Waals surface area contributed by atoms with E-state index in [1.807, 2.05) is 48.3 Å². The number of imidazole rings is 1. The van der Waals surface area contributed by atoms with Crippen LogP contribution in [0, 0.1) is 13.8 Å². The van der Waals surface area contributed by atoms with Crippen LogP contribution in [0.15, 0.2) is 93.1 Å². The van der Waals surface area contributed by atoms with Gasteiger partial charge in [-0.25, -0.2) is 26.8 Å². The highest BCUT2D eigenvalue weighted by molar-refractivity contribution is 9.10. The number of aromatic nitrogens is 3. The summed E-state index contributed by atoms with van der Waals surface area (Å²) in [6.45, 7) is 6.62. The number of rotatable bonds is 8. The molecule has 0 spiro atoms. The van der Waals surface area contributed by atoms with E-state index >= 15 is 0 Å². The molecule has 0 aliphatic carbocycles. The summed E-state index contributed by atoms with van der Waals surface area (Å²) in [6.07, 6.45) is 0.758. The van der Waals surface area contributed by atoms with Gasteiger partial charge >= 0.3 is 0 Å². The van der Waals surface area contributed by atoms with Crippen LogP contribution in [0.2, 0.25) is 0 Å². The van der Waals surface area contributed by atoms with Crippen LogP contribution >= 0.6 is 15.9 Å². The molecule has 0 bridgehead atoms. The minimum atomic E-state index is -4.43. The van der Waals surface area contributed by atoms with Crippen molar-refractivity contribution in [3.05, 3.63) is 106 Å². The van der Waals surface area contributed by atoms with E-state index in [-0.39, 0.29) is 14.3 Å². The van der Waals surface area contributed by atoms with E-state index in [0.717, 1.165) is 40.2 Å². The van der Waals surface area contributed by atoms with E-state index in [1.165, 1.54) is 24.3 Å². The molecule has 2 heterocycles. The van der Waals surface area contributed by atoms with Crippen molar-refractivity contribution in [2.45, 2.75) is 43.5 Å². The van der Waals surface area contributed by atoms with Gasteiger partial charge in [-0.05, 0) is 70.7 Å². The summed E-state index contributed by atoms with van der Waals surface area (Å²) >= 11 is 3.18. The average Bonchev–Trinajstić information content (AvgIpc) is 3.26. The zero-order chi connectivity index (χ0) is 28.7. The molecule has 0 atom stereocenters. The quantitative estimate of drug-likeness (QED) is 0.231. The molecule has 0 aliphatic rings. The van der Waals surface area contributed by atoms with Crippen LogP contribution < -0.4 is 4.13 Å². The van der Waals surface area contributed by atoms with Gasteiger partial charge < -0.3 is 4.57 Å². The molecule has 206 valence electrons. The van der Waals surface area contributed by atoms with Gasteiger partial charge in [0, 0.05) is 22.2 Å². The fourth-order valence-electron chi connectivity index (χ4n) is 4.69. The second-order valence-electron chi connectivity index (χ2n) is 9.43. The predicted molar refractivity (Wildman–Crippen MR) is 159 cm³/mol. The molecule has 3 aromatic carbocycles. The van der Waals surface area contributed by atoms with Gasteiger partial charge in [-0.1, -0.05) is 61.5 Å². The van der Waals surface area contributed by atoms with Crippen molar-refractivity contribution in [1.82, 2.24) is 18.7 Å². The molecule has 5 rings (SSSR count). The van der Waals surface area contributed by atoms with Gasteiger partial charge in [-0.2, -0.15) is 0 Å². The Morgan fingerprint density at radius 1 is 0.825 bits per heavy atom. The number of halogens is 1. The number of nitrogens with one attached hydrogen (secondary N) is 1. The molecule has 0 unspecified atom stereocenters. The minimum absolute atomic E-state index is 0.137. The van der Waals surface area contributed by atoms with Gasteiger partial charge in [-0.3, -0.25) is 0 Å². The highest BCUT2D eigenvalue weighted by atomic mass is 79.9. The van der Waals surface area contributed by atoms with E-state index in [1.54, 1.807) is 24.3 Å². The Kier molecular flexibility index (Phi) is 7.66. The van der Waals surface area contributed by atoms with Crippen LogP contribution in [-0.4, -0.2) is 31.4 Å². The smallest absolute Gasteiger partial charge is 0.254 e. The first-order valence-electron chi connectivity index (χ1n) is 12.5. The third-order valence-corrected chi connectivity index (χ3v) is 11.1. The number of aryl methyl sites for hydroxylation is 3. The number of pyridine rings is 1. The first-order chi connectivity index (χ1) is 19.0. The SMILES string of the molecule is CCc1nc2c(C)cc(C)nc2n1Cc1ccc(-c2ccccc2S(=O)(=O)NS(=O)(=O)c2ccccc2Br)cc1. The Morgan fingerprint density at radius 2 is 1.45 bits per heavy atom. The Balaban J connectivity index is 1.47. The molecule has 1 N–H and O–H groups in total. The molecular formula is C29H27BrN4O4S2. The first-order valence-corrected chi connectivity index (χ1v) is 16.3. The highest BCUT2D eigenvalue weighted by Gasteiger charge is 2.28. The van der Waals surface area contributed by atoms with Gasteiger partial charge in [0.2, 0.25) is 0 Å². The van der Waals surface area contributed by atoms with E-state index in [0.29, 0.717) is 17.7 Å². The van der Waals surface area contributed by atoms with Crippen molar-refractivity contribution >= 4 is 47.1 Å². The topological polar surface area (TPSA) is 111 Å². The molecule has 40 heavy (non-hydrogen) atoms. The monoisotopic (exact) mass is 638 g/mol. The van der Waals surface area contributed by atoms with Crippen molar-refractivity contribution in [3.8, 4) is 11.1 Å². The lowest BCUT2D eigenvalue weighted by atomic mass is 10.0. The predicted octanol–water partition coefficient (Wildman–Crippen LogP) is 5.76. The lowest BCUT2D eigenvalue weighted by molar-refractivity contribution is 0.577. The van der Waals surface area contributed by atoms with Crippen LogP contribution in [0.4, 0.5) is 0 Å². The lowest BCUT2D eigenvalue weighted by Crippen LogP contribution is -2.31. The van der Waals surface area contributed by atoms with Crippen LogP contribution in [-0.2, 0) is 33.0 Å². The molecule has 2 aromatic heterocycles. The van der Waals surface area contributed by atoms with Crippen molar-refractivity contribution in [3.63, 3.8) is 0 Å². The van der Waals surface area contributed by atoms with E-state index in [2.05, 4.69) is 27.4 Å². The van der Waals surface area contributed by atoms with Crippen LogP contribution in [0.3, 0.4) is 0 Å². The van der Waals surface area contributed by atoms with Crippen molar-refractivity contribution in [2.24, 2.45) is 0 Å². The minimum Gasteiger partial charge on any atom is -0.308 e. The summed E-state index contributed by atoms with van der Waals surface area (Å²) in [7, 11) is -8.80. The molecule has 11 heteroatoms. The largest absolute Gasteiger partial charge is 0.308 e. The summed E-state index contributed by atoms with van der Waals surface area (Å²) in [4.78, 5) is 9.23. The molecule has 0 saturated carbocycles. The van der Waals surface area contributed by atoms with Crippen LogP contribution in [0.25, 0.3) is 22.3 Å². The molecule has 8 nitrogen and oxygen atoms in total. The highest BCUT2D eigenvalue weighted by Crippen LogP contribution is 2.30. The van der Waals surface area contributed by atoms with Gasteiger partial charge in [0.15, 0.2) is 5.65 Å². The summed E-state index contributed by atoms with van der Waals surface area (Å²) in [5.74, 6) is 0.939. The number of benzene rings is 3. The fraction of sp³-hybridized carbons (Fsp3) is 0.172. The van der Waals surface area contributed by atoms with E-state index in [9.17, 15) is 16.8 Å². The van der Waals surface area contributed by atoms with Gasteiger partial charge in [0.05, 0.1) is 16.3 Å². The molecule has 0 aliphatic heterocycles. The number of fused-ring (bicyclic) bond motifs is 1. The fourth-order valence-corrected chi connectivity index (χ4v) is 8.81. The van der Waals surface area contributed by atoms with Crippen molar-refractivity contribution in [2.75, 3.05) is 0 Å². The molecule has 0 saturated heterocycles. The first kappa shape index (κ1) is 28.2. The molecule has 0 radical (unpaired) electrons. The lowest BCUT2D eigenvalue weighted by Gasteiger charge is -2.14. The summed E-state index contributed by atoms with van der Waals surface area (Å²) in [5, 5.41) is 0. The maximum atomic E-state index is 13.3. The van der Waals surface area contributed by atoms with Gasteiger partial charge in [0.25, 0.3) is 20.0 Å². The number of sulfonamides is 2. The molecule has 5 aromatic rings. The third kappa shape index (κ3) is 5.46. The Hall–Kier alpha value is -3.38. The number of nitrogens with zero attached hydrogens (tertiary/aromatic N) is 3. The normalized spacial score (nSPS) is 12.2. The number of hydrogen-bond donors (Lipinski definition) is 1. The Labute approximate surface area is 242 Å². The van der Waals surface area contributed by atoms with Gasteiger partial charge in [0.1, 0.15) is 11.3 Å². The second-order valence-corrected chi connectivity index (χ2v) is 13.8. The standard InChI is InChI=1S/C29H27BrN4O4S2/c1-4-27-32-28-19(2)17-20(3)31-29(28)34(27)18-21-13-15-22(16-14-21)23-9-5-7-11-25(23)39(35,36)33-40(37,38)26-12-8-6-10-24(26)30/h5-17,33H,4,18H2,1-3H3. The zero-order valence-corrected chi connectivity index (χ0v) is 25.3. The van der Waals surface area contributed by atoms with Crippen molar-refractivity contribution < 1.29 is 16.8 Å². The molecule has 0 amide bonds. The van der Waals surface area contributed by atoms with Gasteiger partial charge in [-0.15, -0.1) is 4.13 Å².